The second-order valence-electron chi connectivity index (χ2n) is 5.03. The van der Waals surface area contributed by atoms with Crippen LogP contribution in [0.15, 0.2) is 61.1 Å². The molecule has 3 aromatic rings. The van der Waals surface area contributed by atoms with Gasteiger partial charge in [0, 0.05) is 17.6 Å². The van der Waals surface area contributed by atoms with Crippen molar-refractivity contribution in [3.05, 3.63) is 72.6 Å². The van der Waals surface area contributed by atoms with Crippen molar-refractivity contribution in [3.8, 4) is 5.69 Å². The van der Waals surface area contributed by atoms with Crippen molar-refractivity contribution in [3.63, 3.8) is 0 Å². The highest BCUT2D eigenvalue weighted by Gasteiger charge is 2.08. The number of nitrogens with zero attached hydrogens (tertiary/aromatic N) is 2. The summed E-state index contributed by atoms with van der Waals surface area (Å²) in [5.41, 5.74) is 2.21. The van der Waals surface area contributed by atoms with Crippen LogP contribution in [0.3, 0.4) is 0 Å². The zero-order valence-corrected chi connectivity index (χ0v) is 12.5. The lowest BCUT2D eigenvalue weighted by atomic mass is 10.2. The van der Waals surface area contributed by atoms with Crippen molar-refractivity contribution >= 4 is 17.4 Å². The molecule has 116 valence electrons. The van der Waals surface area contributed by atoms with Crippen molar-refractivity contribution in [1.29, 1.82) is 0 Å². The number of carbonyl (C=O) groups is 1. The van der Waals surface area contributed by atoms with Crippen LogP contribution in [0.1, 0.15) is 5.69 Å². The Morgan fingerprint density at radius 1 is 1.09 bits per heavy atom. The summed E-state index contributed by atoms with van der Waals surface area (Å²) in [6, 6.07) is 13.1. The lowest BCUT2D eigenvalue weighted by molar-refractivity contribution is 0.262. The van der Waals surface area contributed by atoms with Gasteiger partial charge in [0.05, 0.1) is 17.7 Å². The second-order valence-corrected chi connectivity index (χ2v) is 5.03. The van der Waals surface area contributed by atoms with E-state index in [0.717, 1.165) is 5.69 Å². The largest absolute Gasteiger partial charge is 0.323 e. The Bertz CT molecular complexity index is 830. The number of carbonyl (C=O) groups excluding carboxylic acids is 1. The zero-order valence-electron chi connectivity index (χ0n) is 12.5. The minimum absolute atomic E-state index is 0.372. The Morgan fingerprint density at radius 3 is 2.48 bits per heavy atom. The first-order chi connectivity index (χ1) is 11.1. The van der Waals surface area contributed by atoms with Crippen LogP contribution in [0.5, 0.6) is 0 Å². The van der Waals surface area contributed by atoms with Crippen LogP contribution >= 0.6 is 0 Å². The first-order valence-corrected chi connectivity index (χ1v) is 7.05. The molecule has 0 aliphatic rings. The summed E-state index contributed by atoms with van der Waals surface area (Å²) in [6.07, 6.45) is 3.27. The first kappa shape index (κ1) is 14.8. The lowest BCUT2D eigenvalue weighted by Gasteiger charge is -2.09. The van der Waals surface area contributed by atoms with Crippen LogP contribution < -0.4 is 10.6 Å². The molecule has 0 aliphatic carbocycles. The molecule has 23 heavy (non-hydrogen) atoms. The van der Waals surface area contributed by atoms with E-state index in [9.17, 15) is 9.18 Å². The summed E-state index contributed by atoms with van der Waals surface area (Å²) < 4.78 is 15.8. The molecule has 1 aromatic heterocycles. The number of nitrogens with one attached hydrogen (secondary N) is 2. The van der Waals surface area contributed by atoms with Gasteiger partial charge in [0.15, 0.2) is 0 Å². The van der Waals surface area contributed by atoms with Gasteiger partial charge >= 0.3 is 6.03 Å². The molecule has 2 amide bonds. The Kier molecular flexibility index (Phi) is 4.05. The molecule has 0 fully saturated rings. The van der Waals surface area contributed by atoms with Crippen molar-refractivity contribution in [2.45, 2.75) is 6.92 Å². The highest BCUT2D eigenvalue weighted by molar-refractivity contribution is 5.99. The number of amides is 2. The summed E-state index contributed by atoms with van der Waals surface area (Å²) in [5.74, 6) is -0.445. The molecule has 2 N–H and O–H groups in total. The normalized spacial score (nSPS) is 10.3. The highest BCUT2D eigenvalue weighted by Crippen LogP contribution is 2.19. The number of benzene rings is 2. The monoisotopic (exact) mass is 310 g/mol. The maximum absolute atomic E-state index is 14.2. The predicted molar refractivity (Wildman–Crippen MR) is 87.3 cm³/mol. The number of hydrogen-bond acceptors (Lipinski definition) is 2. The van der Waals surface area contributed by atoms with Gasteiger partial charge in [-0.3, -0.25) is 0 Å². The number of hydrogen-bond donors (Lipinski definition) is 2. The van der Waals surface area contributed by atoms with Gasteiger partial charge in [-0.2, -0.15) is 0 Å². The van der Waals surface area contributed by atoms with E-state index >= 15 is 0 Å². The van der Waals surface area contributed by atoms with Crippen LogP contribution in [0, 0.1) is 12.7 Å². The quantitative estimate of drug-likeness (QED) is 0.769. The summed E-state index contributed by atoms with van der Waals surface area (Å²) in [5, 5.41) is 5.27. The number of urea groups is 1. The molecule has 6 heteroatoms. The van der Waals surface area contributed by atoms with E-state index in [1.165, 1.54) is 6.07 Å². The van der Waals surface area contributed by atoms with E-state index in [4.69, 9.17) is 0 Å². The van der Waals surface area contributed by atoms with Crippen LogP contribution in [0.4, 0.5) is 20.6 Å². The molecule has 0 aliphatic heterocycles. The summed E-state index contributed by atoms with van der Waals surface area (Å²) in [7, 11) is 0. The van der Waals surface area contributed by atoms with Gasteiger partial charge in [-0.05, 0) is 37.3 Å². The van der Waals surface area contributed by atoms with Crippen LogP contribution in [0.25, 0.3) is 5.69 Å². The van der Waals surface area contributed by atoms with Gasteiger partial charge in [-0.1, -0.05) is 18.2 Å². The molecule has 0 spiro atoms. The van der Waals surface area contributed by atoms with Crippen molar-refractivity contribution in [1.82, 2.24) is 9.55 Å². The minimum Gasteiger partial charge on any atom is -0.308 e. The minimum atomic E-state index is -0.445. The van der Waals surface area contributed by atoms with E-state index < -0.39 is 11.8 Å². The Labute approximate surface area is 132 Å². The van der Waals surface area contributed by atoms with E-state index in [-0.39, 0.29) is 0 Å². The number of imidazole rings is 1. The molecular formula is C17H15FN4O. The fraction of sp³-hybridized carbons (Fsp3) is 0.0588. The van der Waals surface area contributed by atoms with Gasteiger partial charge in [0.25, 0.3) is 0 Å². The van der Waals surface area contributed by atoms with Gasteiger partial charge < -0.3 is 15.2 Å². The SMILES string of the molecule is Cc1cn(-c2ccc(NC(=O)Nc3ccccc3)cc2F)cn1. The molecule has 5 nitrogen and oxygen atoms in total. The summed E-state index contributed by atoms with van der Waals surface area (Å²) in [4.78, 5) is 16.0. The number of halogens is 1. The second kappa shape index (κ2) is 6.31. The number of aryl methyl sites for hydroxylation is 1. The Balaban J connectivity index is 1.72. The molecule has 0 unspecified atom stereocenters. The fourth-order valence-corrected chi connectivity index (χ4v) is 2.16. The lowest BCUT2D eigenvalue weighted by Crippen LogP contribution is -2.19. The molecule has 0 bridgehead atoms. The zero-order chi connectivity index (χ0) is 16.2. The van der Waals surface area contributed by atoms with Crippen LogP contribution in [0.2, 0.25) is 0 Å². The van der Waals surface area contributed by atoms with E-state index in [1.807, 2.05) is 25.1 Å². The molecule has 0 saturated heterocycles. The molecule has 1 heterocycles. The molecule has 0 saturated carbocycles. The third-order valence-corrected chi connectivity index (χ3v) is 3.23. The van der Waals surface area contributed by atoms with E-state index in [0.29, 0.717) is 17.1 Å². The van der Waals surface area contributed by atoms with Gasteiger partial charge in [-0.25, -0.2) is 14.2 Å². The predicted octanol–water partition coefficient (Wildman–Crippen LogP) is 3.96. The molecule has 0 atom stereocenters. The third-order valence-electron chi connectivity index (χ3n) is 3.23. The third kappa shape index (κ3) is 3.55. The Morgan fingerprint density at radius 2 is 1.83 bits per heavy atom. The van der Waals surface area contributed by atoms with Crippen LogP contribution in [-0.2, 0) is 0 Å². The molecule has 2 aromatic carbocycles. The van der Waals surface area contributed by atoms with Crippen molar-refractivity contribution in [2.24, 2.45) is 0 Å². The molecule has 0 radical (unpaired) electrons. The summed E-state index contributed by atoms with van der Waals surface area (Å²) >= 11 is 0. The molecule has 3 rings (SSSR count). The summed E-state index contributed by atoms with van der Waals surface area (Å²) in [6.45, 7) is 1.83. The van der Waals surface area contributed by atoms with Gasteiger partial charge in [-0.15, -0.1) is 0 Å². The van der Waals surface area contributed by atoms with E-state index in [1.54, 1.807) is 41.4 Å². The molecular weight excluding hydrogens is 295 g/mol. The fourth-order valence-electron chi connectivity index (χ4n) is 2.16. The average Bonchev–Trinajstić information content (AvgIpc) is 2.94. The van der Waals surface area contributed by atoms with Gasteiger partial charge in [0.2, 0.25) is 0 Å². The number of aromatic nitrogens is 2. The average molecular weight is 310 g/mol. The van der Waals surface area contributed by atoms with Crippen LogP contribution in [-0.4, -0.2) is 15.6 Å². The van der Waals surface area contributed by atoms with E-state index in [2.05, 4.69) is 15.6 Å². The van der Waals surface area contributed by atoms with Crippen molar-refractivity contribution in [2.75, 3.05) is 10.6 Å². The first-order valence-electron chi connectivity index (χ1n) is 7.05. The Hall–Kier alpha value is -3.15. The number of para-hydroxylation sites is 1. The smallest absolute Gasteiger partial charge is 0.308 e. The number of rotatable bonds is 3. The maximum Gasteiger partial charge on any atom is 0.323 e. The van der Waals surface area contributed by atoms with Crippen molar-refractivity contribution < 1.29 is 9.18 Å². The highest BCUT2D eigenvalue weighted by atomic mass is 19.1. The number of anilines is 2. The topological polar surface area (TPSA) is 59.0 Å². The van der Waals surface area contributed by atoms with Gasteiger partial charge in [0.1, 0.15) is 5.82 Å². The standard InChI is InChI=1S/C17H15FN4O/c1-12-10-22(11-19-12)16-8-7-14(9-15(16)18)21-17(23)20-13-5-3-2-4-6-13/h2-11H,1H3,(H2,20,21,23). The maximum atomic E-state index is 14.2.